The van der Waals surface area contributed by atoms with Gasteiger partial charge in [0.1, 0.15) is 30.1 Å². The summed E-state index contributed by atoms with van der Waals surface area (Å²) in [5, 5.41) is 10.2. The van der Waals surface area contributed by atoms with E-state index < -0.39 is 5.54 Å². The Morgan fingerprint density at radius 3 is 2.79 bits per heavy atom. The molecule has 4 N–H and O–H groups in total. The van der Waals surface area contributed by atoms with Gasteiger partial charge in [0.05, 0.1) is 28.5 Å². The zero-order valence-electron chi connectivity index (χ0n) is 25.4. The standard InChI is InChI=1S/C32H40FN9O/c1-19(21-10-6-12-37-29(21)36)42(4)30-24-17-41(3)32(11-5-9-22-25(33)14-26(35)23(16-34)28(22)32)15-27(24)38-31(39-30)43-18-20-8-7-13-40(20)2/h6,10,12,14,19-20H,5,7-9,11,13,15,17-18,35H2,1-4H3,(H2,36,37)/t19-,20+,32-/m1/s1. The highest BCUT2D eigenvalue weighted by atomic mass is 19.1. The lowest BCUT2D eigenvalue weighted by Gasteiger charge is -2.50. The van der Waals surface area contributed by atoms with E-state index in [-0.39, 0.29) is 17.5 Å². The first kappa shape index (κ1) is 29.1. The third-order valence-corrected chi connectivity index (χ3v) is 9.95. The minimum Gasteiger partial charge on any atom is -0.462 e. The molecule has 1 aromatic carbocycles. The first-order valence-electron chi connectivity index (χ1n) is 15.0. The van der Waals surface area contributed by atoms with Crippen molar-refractivity contribution in [2.45, 2.75) is 69.6 Å². The summed E-state index contributed by atoms with van der Waals surface area (Å²) < 4.78 is 21.6. The van der Waals surface area contributed by atoms with Crippen molar-refractivity contribution >= 4 is 17.3 Å². The summed E-state index contributed by atoms with van der Waals surface area (Å²) >= 11 is 0. The van der Waals surface area contributed by atoms with E-state index in [2.05, 4.69) is 39.7 Å². The number of ether oxygens (including phenoxy) is 1. The van der Waals surface area contributed by atoms with Crippen LogP contribution >= 0.6 is 0 Å². The lowest BCUT2D eigenvalue weighted by molar-refractivity contribution is 0.0713. The van der Waals surface area contributed by atoms with Crippen molar-refractivity contribution in [2.75, 3.05) is 50.7 Å². The van der Waals surface area contributed by atoms with Gasteiger partial charge in [-0.1, -0.05) is 6.07 Å². The zero-order chi connectivity index (χ0) is 30.5. The summed E-state index contributed by atoms with van der Waals surface area (Å²) in [5.74, 6) is 0.886. The summed E-state index contributed by atoms with van der Waals surface area (Å²) in [4.78, 5) is 20.9. The highest BCUT2D eigenvalue weighted by molar-refractivity contribution is 5.64. The molecule has 10 nitrogen and oxygen atoms in total. The molecule has 2 aliphatic heterocycles. The SMILES string of the molecule is C[C@H](c1cccnc1N)N(C)c1nc(OC[C@@H]2CCCN2C)nc2c1CN(C)[C@]1(CCCc3c(F)cc(N)c(C#N)c31)C2. The fourth-order valence-corrected chi connectivity index (χ4v) is 7.33. The molecule has 11 heteroatoms. The van der Waals surface area contributed by atoms with E-state index in [9.17, 15) is 5.26 Å². The number of nitrogens with zero attached hydrogens (tertiary/aromatic N) is 7. The Morgan fingerprint density at radius 2 is 2.07 bits per heavy atom. The molecule has 1 spiro atoms. The summed E-state index contributed by atoms with van der Waals surface area (Å²) in [6.45, 7) is 4.13. The number of anilines is 3. The van der Waals surface area contributed by atoms with Crippen LogP contribution in [0, 0.1) is 17.1 Å². The Bertz CT molecular complexity index is 1590. The Morgan fingerprint density at radius 1 is 1.26 bits per heavy atom. The molecule has 43 heavy (non-hydrogen) atoms. The van der Waals surface area contributed by atoms with Crippen LogP contribution in [-0.4, -0.2) is 65.1 Å². The van der Waals surface area contributed by atoms with Crippen LogP contribution in [0.5, 0.6) is 6.01 Å². The van der Waals surface area contributed by atoms with Gasteiger partial charge in [-0.3, -0.25) is 4.90 Å². The average Bonchev–Trinajstić information content (AvgIpc) is 3.41. The smallest absolute Gasteiger partial charge is 0.318 e. The second-order valence-corrected chi connectivity index (χ2v) is 12.3. The van der Waals surface area contributed by atoms with Gasteiger partial charge in [-0.2, -0.15) is 15.2 Å². The molecule has 1 aliphatic carbocycles. The lowest BCUT2D eigenvalue weighted by Crippen LogP contribution is -2.51. The number of nitrogens with two attached hydrogens (primary N) is 2. The van der Waals surface area contributed by atoms with Crippen LogP contribution in [0.4, 0.5) is 21.7 Å². The van der Waals surface area contributed by atoms with Crippen LogP contribution in [0.25, 0.3) is 0 Å². The molecule has 2 aromatic heterocycles. The fourth-order valence-electron chi connectivity index (χ4n) is 7.33. The molecular formula is C32H40FN9O. The maximum absolute atomic E-state index is 15.3. The monoisotopic (exact) mass is 585 g/mol. The minimum absolute atomic E-state index is 0.128. The molecule has 3 aromatic rings. The fraction of sp³-hybridized carbons (Fsp3) is 0.500. The van der Waals surface area contributed by atoms with Crippen LogP contribution in [-0.2, 0) is 24.9 Å². The molecule has 226 valence electrons. The third-order valence-electron chi connectivity index (χ3n) is 9.95. The van der Waals surface area contributed by atoms with Crippen LogP contribution in [0.3, 0.4) is 0 Å². The van der Waals surface area contributed by atoms with Crippen molar-refractivity contribution < 1.29 is 9.13 Å². The largest absolute Gasteiger partial charge is 0.462 e. The molecule has 0 saturated carbocycles. The van der Waals surface area contributed by atoms with Crippen molar-refractivity contribution in [3.05, 3.63) is 63.7 Å². The number of halogens is 1. The number of benzene rings is 1. The van der Waals surface area contributed by atoms with Crippen LogP contribution < -0.4 is 21.1 Å². The highest BCUT2D eigenvalue weighted by Gasteiger charge is 2.47. The number of pyridine rings is 1. The second kappa shape index (κ2) is 11.2. The summed E-state index contributed by atoms with van der Waals surface area (Å²) in [6.07, 6.45) is 6.51. The lowest BCUT2D eigenvalue weighted by atomic mass is 9.68. The number of rotatable bonds is 6. The second-order valence-electron chi connectivity index (χ2n) is 12.3. The molecule has 4 heterocycles. The van der Waals surface area contributed by atoms with Gasteiger partial charge in [0.2, 0.25) is 0 Å². The zero-order valence-corrected chi connectivity index (χ0v) is 25.4. The van der Waals surface area contributed by atoms with E-state index in [1.54, 1.807) is 6.20 Å². The Labute approximate surface area is 252 Å². The van der Waals surface area contributed by atoms with Gasteiger partial charge in [0.25, 0.3) is 0 Å². The van der Waals surface area contributed by atoms with Gasteiger partial charge in [-0.15, -0.1) is 0 Å². The predicted octanol–water partition coefficient (Wildman–Crippen LogP) is 3.94. The van der Waals surface area contributed by atoms with Gasteiger partial charge in [0, 0.05) is 43.4 Å². The van der Waals surface area contributed by atoms with Crippen molar-refractivity contribution in [3.63, 3.8) is 0 Å². The number of fused-ring (bicyclic) bond motifs is 3. The summed E-state index contributed by atoms with van der Waals surface area (Å²) in [7, 11) is 6.15. The molecule has 3 aliphatic rings. The summed E-state index contributed by atoms with van der Waals surface area (Å²) in [5.41, 5.74) is 16.4. The predicted molar refractivity (Wildman–Crippen MR) is 164 cm³/mol. The number of hydrogen-bond donors (Lipinski definition) is 2. The van der Waals surface area contributed by atoms with Gasteiger partial charge >= 0.3 is 6.01 Å². The number of nitrogen functional groups attached to an aromatic ring is 2. The molecular weight excluding hydrogens is 545 g/mol. The molecule has 0 bridgehead atoms. The Balaban J connectivity index is 1.46. The van der Waals surface area contributed by atoms with Crippen molar-refractivity contribution in [1.29, 1.82) is 5.26 Å². The van der Waals surface area contributed by atoms with Crippen LogP contribution in [0.1, 0.15) is 72.2 Å². The van der Waals surface area contributed by atoms with Gasteiger partial charge in [-0.05, 0) is 82.9 Å². The van der Waals surface area contributed by atoms with E-state index in [0.717, 1.165) is 54.9 Å². The van der Waals surface area contributed by atoms with Crippen molar-refractivity contribution in [2.24, 2.45) is 0 Å². The average molecular weight is 586 g/mol. The normalized spacial score (nSPS) is 22.6. The number of likely N-dealkylation sites (tertiary alicyclic amines) is 1. The van der Waals surface area contributed by atoms with Gasteiger partial charge in [-0.25, -0.2) is 9.37 Å². The quantitative estimate of drug-likeness (QED) is 0.410. The van der Waals surface area contributed by atoms with Crippen molar-refractivity contribution in [1.82, 2.24) is 24.8 Å². The van der Waals surface area contributed by atoms with E-state index in [1.807, 2.05) is 26.2 Å². The Kier molecular flexibility index (Phi) is 7.60. The number of nitriles is 1. The van der Waals surface area contributed by atoms with Crippen molar-refractivity contribution in [3.8, 4) is 12.1 Å². The van der Waals surface area contributed by atoms with E-state index in [4.69, 9.17) is 26.2 Å². The Hall–Kier alpha value is -4.01. The molecule has 0 radical (unpaired) electrons. The maximum Gasteiger partial charge on any atom is 0.318 e. The maximum atomic E-state index is 15.3. The highest BCUT2D eigenvalue weighted by Crippen LogP contribution is 2.50. The van der Waals surface area contributed by atoms with E-state index in [1.165, 1.54) is 6.07 Å². The molecule has 1 fully saturated rings. The number of hydrogen-bond acceptors (Lipinski definition) is 10. The first-order chi connectivity index (χ1) is 20.6. The first-order valence-corrected chi connectivity index (χ1v) is 15.0. The van der Waals surface area contributed by atoms with Gasteiger partial charge in [0.15, 0.2) is 0 Å². The molecule has 3 atom stereocenters. The topological polar surface area (TPSA) is 133 Å². The van der Waals surface area contributed by atoms with E-state index >= 15 is 4.39 Å². The van der Waals surface area contributed by atoms with Gasteiger partial charge < -0.3 is 26.0 Å². The summed E-state index contributed by atoms with van der Waals surface area (Å²) in [6, 6.07) is 7.95. The molecule has 1 saturated heterocycles. The molecule has 6 rings (SSSR count). The molecule has 0 amide bonds. The third kappa shape index (κ3) is 4.92. The molecule has 0 unspecified atom stereocenters. The number of aromatic nitrogens is 3. The van der Waals surface area contributed by atoms with Crippen LogP contribution in [0.15, 0.2) is 24.4 Å². The minimum atomic E-state index is -0.631. The van der Waals surface area contributed by atoms with E-state index in [0.29, 0.717) is 60.6 Å². The van der Waals surface area contributed by atoms with Crippen LogP contribution in [0.2, 0.25) is 0 Å². The number of likely N-dealkylation sites (N-methyl/N-ethyl adjacent to an activating group) is 2.